The summed E-state index contributed by atoms with van der Waals surface area (Å²) in [6, 6.07) is 13.6. The minimum Gasteiger partial charge on any atom is -0.350 e. The molecule has 0 aliphatic rings. The molecule has 130 valence electrons. The van der Waals surface area contributed by atoms with E-state index in [9.17, 15) is 4.79 Å². The Kier molecular flexibility index (Phi) is 4.18. The van der Waals surface area contributed by atoms with Crippen molar-refractivity contribution in [2.24, 2.45) is 7.05 Å². The van der Waals surface area contributed by atoms with Crippen molar-refractivity contribution < 1.29 is 4.79 Å². The molecule has 1 amide bonds. The number of fused-ring (bicyclic) bond motifs is 1. The zero-order chi connectivity index (χ0) is 17.9. The highest BCUT2D eigenvalue weighted by Crippen LogP contribution is 2.15. The Morgan fingerprint density at radius 3 is 2.77 bits per heavy atom. The van der Waals surface area contributed by atoms with Crippen LogP contribution in [0.1, 0.15) is 5.56 Å². The highest BCUT2D eigenvalue weighted by Gasteiger charge is 2.08. The molecule has 0 unspecified atom stereocenters. The molecule has 0 aliphatic carbocycles. The second-order valence-corrected chi connectivity index (χ2v) is 6.03. The van der Waals surface area contributed by atoms with Crippen LogP contribution >= 0.6 is 0 Å². The monoisotopic (exact) mass is 346 g/mol. The second kappa shape index (κ2) is 6.79. The van der Waals surface area contributed by atoms with Crippen molar-refractivity contribution in [3.05, 3.63) is 66.7 Å². The maximum Gasteiger partial charge on any atom is 0.240 e. The maximum absolute atomic E-state index is 12.2. The molecule has 0 saturated carbocycles. The molecule has 0 radical (unpaired) electrons. The second-order valence-electron chi connectivity index (χ2n) is 6.03. The van der Waals surface area contributed by atoms with Gasteiger partial charge >= 0.3 is 0 Å². The fourth-order valence-corrected chi connectivity index (χ4v) is 2.85. The van der Waals surface area contributed by atoms with Crippen molar-refractivity contribution in [3.63, 3.8) is 0 Å². The Bertz CT molecular complexity index is 1050. The van der Waals surface area contributed by atoms with Crippen LogP contribution in [0.5, 0.6) is 0 Å². The molecule has 0 fully saturated rings. The van der Waals surface area contributed by atoms with Gasteiger partial charge in [0.25, 0.3) is 0 Å². The summed E-state index contributed by atoms with van der Waals surface area (Å²) >= 11 is 0. The number of carbonyl (C=O) groups is 1. The molecule has 3 aromatic heterocycles. The normalized spacial score (nSPS) is 11.0. The zero-order valence-electron chi connectivity index (χ0n) is 14.3. The third kappa shape index (κ3) is 3.19. The van der Waals surface area contributed by atoms with Gasteiger partial charge in [-0.3, -0.25) is 14.5 Å². The van der Waals surface area contributed by atoms with Gasteiger partial charge in [-0.2, -0.15) is 5.10 Å². The molecule has 7 nitrogen and oxygen atoms in total. The van der Waals surface area contributed by atoms with Crippen LogP contribution in [0, 0.1) is 0 Å². The molecule has 1 N–H and O–H groups in total. The number of aromatic nitrogens is 5. The number of aryl methyl sites for hydroxylation is 1. The summed E-state index contributed by atoms with van der Waals surface area (Å²) in [4.78, 5) is 21.0. The molecule has 0 aliphatic heterocycles. The molecule has 7 heteroatoms. The number of pyridine rings is 1. The summed E-state index contributed by atoms with van der Waals surface area (Å²) in [5.41, 5.74) is 4.58. The lowest BCUT2D eigenvalue weighted by Crippen LogP contribution is -2.26. The van der Waals surface area contributed by atoms with Crippen molar-refractivity contribution >= 4 is 16.9 Å². The first kappa shape index (κ1) is 16.0. The smallest absolute Gasteiger partial charge is 0.240 e. The van der Waals surface area contributed by atoms with Gasteiger partial charge in [-0.15, -0.1) is 0 Å². The van der Waals surface area contributed by atoms with Gasteiger partial charge in [-0.25, -0.2) is 4.98 Å². The van der Waals surface area contributed by atoms with Gasteiger partial charge in [0.1, 0.15) is 6.54 Å². The van der Waals surface area contributed by atoms with Gasteiger partial charge < -0.3 is 9.88 Å². The number of amides is 1. The van der Waals surface area contributed by atoms with E-state index in [0.29, 0.717) is 6.54 Å². The van der Waals surface area contributed by atoms with Crippen LogP contribution in [0.2, 0.25) is 0 Å². The first-order chi connectivity index (χ1) is 12.7. The van der Waals surface area contributed by atoms with E-state index in [1.54, 1.807) is 23.4 Å². The molecular weight excluding hydrogens is 328 g/mol. The summed E-state index contributed by atoms with van der Waals surface area (Å²) < 4.78 is 3.62. The molecule has 0 bridgehead atoms. The van der Waals surface area contributed by atoms with Crippen LogP contribution in [0.4, 0.5) is 0 Å². The number of rotatable bonds is 5. The molecule has 4 rings (SSSR count). The summed E-state index contributed by atoms with van der Waals surface area (Å²) in [6.45, 7) is 0.672. The van der Waals surface area contributed by atoms with Crippen LogP contribution in [0.15, 0.2) is 61.2 Å². The molecule has 3 heterocycles. The Morgan fingerprint density at radius 2 is 2.00 bits per heavy atom. The first-order valence-corrected chi connectivity index (χ1v) is 8.30. The number of benzene rings is 1. The van der Waals surface area contributed by atoms with Crippen LogP contribution in [0.25, 0.3) is 22.4 Å². The lowest BCUT2D eigenvalue weighted by molar-refractivity contribution is -0.121. The highest BCUT2D eigenvalue weighted by molar-refractivity contribution is 5.80. The number of nitrogens with one attached hydrogen (secondary N) is 1. The average Bonchev–Trinajstić information content (AvgIpc) is 3.27. The largest absolute Gasteiger partial charge is 0.350 e. The highest BCUT2D eigenvalue weighted by atomic mass is 16.1. The van der Waals surface area contributed by atoms with Gasteiger partial charge in [0, 0.05) is 26.0 Å². The minimum atomic E-state index is -0.0659. The summed E-state index contributed by atoms with van der Waals surface area (Å²) in [7, 11) is 1.88. The lowest BCUT2D eigenvalue weighted by atomic mass is 10.2. The van der Waals surface area contributed by atoms with E-state index in [1.807, 2.05) is 54.1 Å². The summed E-state index contributed by atoms with van der Waals surface area (Å²) in [6.07, 6.45) is 5.20. The molecule has 0 spiro atoms. The van der Waals surface area contributed by atoms with Crippen molar-refractivity contribution in [3.8, 4) is 11.4 Å². The van der Waals surface area contributed by atoms with E-state index in [4.69, 9.17) is 0 Å². The van der Waals surface area contributed by atoms with E-state index in [2.05, 4.69) is 20.4 Å². The predicted octanol–water partition coefficient (Wildman–Crippen LogP) is 2.15. The third-order valence-electron chi connectivity index (χ3n) is 4.24. The maximum atomic E-state index is 12.2. The van der Waals surface area contributed by atoms with Crippen LogP contribution in [0.3, 0.4) is 0 Å². The van der Waals surface area contributed by atoms with Crippen molar-refractivity contribution in [1.29, 1.82) is 0 Å². The molecule has 0 atom stereocenters. The van der Waals surface area contributed by atoms with Gasteiger partial charge in [0.2, 0.25) is 5.91 Å². The van der Waals surface area contributed by atoms with Gasteiger partial charge in [0.15, 0.2) is 0 Å². The summed E-state index contributed by atoms with van der Waals surface area (Å²) in [5.74, 6) is -0.0659. The van der Waals surface area contributed by atoms with Crippen LogP contribution in [-0.4, -0.2) is 30.2 Å². The number of hydrogen-bond acceptors (Lipinski definition) is 4. The third-order valence-corrected chi connectivity index (χ3v) is 4.24. The standard InChI is InChI=1S/C19H18N6O/c1-24-17(8-9-23-24)16-7-6-14(10-20-16)11-21-19(26)12-25-13-22-15-4-2-3-5-18(15)25/h2-10,13H,11-12H2,1H3,(H,21,26). The average molecular weight is 346 g/mol. The lowest BCUT2D eigenvalue weighted by Gasteiger charge is -2.07. The Balaban J connectivity index is 1.38. The van der Waals surface area contributed by atoms with Gasteiger partial charge in [-0.1, -0.05) is 18.2 Å². The fraction of sp³-hybridized carbons (Fsp3) is 0.158. The van der Waals surface area contributed by atoms with E-state index in [-0.39, 0.29) is 12.5 Å². The topological polar surface area (TPSA) is 77.6 Å². The van der Waals surface area contributed by atoms with E-state index in [1.165, 1.54) is 0 Å². The number of hydrogen-bond donors (Lipinski definition) is 1. The van der Waals surface area contributed by atoms with Gasteiger partial charge in [-0.05, 0) is 29.8 Å². The molecule has 0 saturated heterocycles. The van der Waals surface area contributed by atoms with E-state index >= 15 is 0 Å². The van der Waals surface area contributed by atoms with Crippen LogP contribution in [-0.2, 0) is 24.9 Å². The predicted molar refractivity (Wildman–Crippen MR) is 98.0 cm³/mol. The summed E-state index contributed by atoms with van der Waals surface area (Å²) in [5, 5.41) is 7.07. The Labute approximate surface area is 150 Å². The van der Waals surface area contributed by atoms with Crippen molar-refractivity contribution in [2.45, 2.75) is 13.1 Å². The van der Waals surface area contributed by atoms with E-state index < -0.39 is 0 Å². The number of nitrogens with zero attached hydrogens (tertiary/aromatic N) is 5. The van der Waals surface area contributed by atoms with Crippen molar-refractivity contribution in [2.75, 3.05) is 0 Å². The van der Waals surface area contributed by atoms with Gasteiger partial charge in [0.05, 0.1) is 28.7 Å². The minimum absolute atomic E-state index is 0.0659. The Hall–Kier alpha value is -3.48. The van der Waals surface area contributed by atoms with Crippen LogP contribution < -0.4 is 5.32 Å². The van der Waals surface area contributed by atoms with Crippen molar-refractivity contribution in [1.82, 2.24) is 29.6 Å². The molecule has 4 aromatic rings. The quantitative estimate of drug-likeness (QED) is 0.601. The fourth-order valence-electron chi connectivity index (χ4n) is 2.85. The molecule has 1 aromatic carbocycles. The SMILES string of the molecule is Cn1nccc1-c1ccc(CNC(=O)Cn2cnc3ccccc32)cn1. The zero-order valence-corrected chi connectivity index (χ0v) is 14.3. The number of carbonyl (C=O) groups excluding carboxylic acids is 1. The number of imidazole rings is 1. The molecular formula is C19H18N6O. The Morgan fingerprint density at radius 1 is 1.12 bits per heavy atom. The number of para-hydroxylation sites is 2. The molecule has 26 heavy (non-hydrogen) atoms. The first-order valence-electron chi connectivity index (χ1n) is 8.30. The van der Waals surface area contributed by atoms with E-state index in [0.717, 1.165) is 28.0 Å².